The van der Waals surface area contributed by atoms with Crippen LogP contribution in [0.1, 0.15) is 16.8 Å². The molecule has 176 valence electrons. The van der Waals surface area contributed by atoms with Crippen molar-refractivity contribution in [2.45, 2.75) is 6.42 Å². The zero-order valence-electron chi connectivity index (χ0n) is 19.6. The Morgan fingerprint density at radius 3 is 2.51 bits per heavy atom. The number of hydrogen-bond donors (Lipinski definition) is 0. The van der Waals surface area contributed by atoms with Crippen LogP contribution >= 0.6 is 11.8 Å². The number of methoxy groups -OCH3 is 2. The molecule has 35 heavy (non-hydrogen) atoms. The van der Waals surface area contributed by atoms with Gasteiger partial charge in [-0.1, -0.05) is 48.2 Å². The number of hydrogen-bond acceptors (Lipinski definition) is 6. The van der Waals surface area contributed by atoms with Crippen LogP contribution in [0.2, 0.25) is 0 Å². The summed E-state index contributed by atoms with van der Waals surface area (Å²) in [5.74, 6) is 2.11. The van der Waals surface area contributed by atoms with Crippen LogP contribution in [-0.2, 0) is 0 Å². The van der Waals surface area contributed by atoms with Crippen LogP contribution in [0.4, 0.5) is 5.69 Å². The molecule has 4 aromatic rings. The van der Waals surface area contributed by atoms with Crippen LogP contribution in [0.25, 0.3) is 22.2 Å². The highest BCUT2D eigenvalue weighted by Crippen LogP contribution is 2.34. The molecule has 0 atom stereocenters. The van der Waals surface area contributed by atoms with Gasteiger partial charge < -0.3 is 9.47 Å². The number of amidine groups is 1. The van der Waals surface area contributed by atoms with Crippen molar-refractivity contribution in [3.8, 4) is 22.8 Å². The Bertz CT molecular complexity index is 1410. The van der Waals surface area contributed by atoms with Gasteiger partial charge in [-0.25, -0.2) is 9.98 Å². The molecule has 2 heterocycles. The molecule has 0 saturated carbocycles. The fourth-order valence-electron chi connectivity index (χ4n) is 4.09. The van der Waals surface area contributed by atoms with Crippen molar-refractivity contribution in [3.63, 3.8) is 0 Å². The molecule has 1 aromatic heterocycles. The molecule has 0 radical (unpaired) electrons. The number of ether oxygens (including phenoxy) is 2. The van der Waals surface area contributed by atoms with Crippen LogP contribution in [0.15, 0.2) is 83.9 Å². The molecule has 5 rings (SSSR count). The maximum absolute atomic E-state index is 14.0. The maximum atomic E-state index is 14.0. The molecule has 6 nitrogen and oxygen atoms in total. The van der Waals surface area contributed by atoms with Gasteiger partial charge in [0.15, 0.2) is 16.7 Å². The van der Waals surface area contributed by atoms with Crippen molar-refractivity contribution in [3.05, 3.63) is 84.4 Å². The van der Waals surface area contributed by atoms with Crippen molar-refractivity contribution in [2.24, 2.45) is 4.99 Å². The van der Waals surface area contributed by atoms with Crippen LogP contribution < -0.4 is 9.47 Å². The predicted octanol–water partition coefficient (Wildman–Crippen LogP) is 6.19. The molecule has 0 aliphatic carbocycles. The van der Waals surface area contributed by atoms with Crippen LogP contribution in [0.3, 0.4) is 0 Å². The van der Waals surface area contributed by atoms with Gasteiger partial charge in [-0.3, -0.25) is 9.69 Å². The monoisotopic (exact) mass is 483 g/mol. The standard InChI is InChI=1S/C28H25N3O3S/c1-33-25-14-13-19(17-26(25)34-2)24-18-22(21-11-6-7-12-23(21)30-24)27(32)31-15-8-16-35-28(31)29-20-9-4-3-5-10-20/h3-7,9-14,17-18H,8,15-16H2,1-2H3. The third-order valence-corrected chi connectivity index (χ3v) is 6.90. The predicted molar refractivity (Wildman–Crippen MR) is 142 cm³/mol. The largest absolute Gasteiger partial charge is 0.493 e. The van der Waals surface area contributed by atoms with Gasteiger partial charge in [0.25, 0.3) is 5.91 Å². The number of aliphatic imine (C=N–C) groups is 1. The summed E-state index contributed by atoms with van der Waals surface area (Å²) >= 11 is 1.61. The lowest BCUT2D eigenvalue weighted by atomic mass is 10.0. The Morgan fingerprint density at radius 1 is 0.943 bits per heavy atom. The molecular formula is C28H25N3O3S. The molecular weight excluding hydrogens is 458 g/mol. The number of pyridine rings is 1. The molecule has 1 aliphatic rings. The van der Waals surface area contributed by atoms with Crippen molar-refractivity contribution < 1.29 is 14.3 Å². The van der Waals surface area contributed by atoms with E-state index in [9.17, 15) is 4.79 Å². The van der Waals surface area contributed by atoms with E-state index in [1.807, 2.05) is 78.9 Å². The fourth-order valence-corrected chi connectivity index (χ4v) is 5.05. The highest BCUT2D eigenvalue weighted by molar-refractivity contribution is 8.13. The van der Waals surface area contributed by atoms with E-state index < -0.39 is 0 Å². The number of fused-ring (bicyclic) bond motifs is 1. The molecule has 1 aliphatic heterocycles. The number of nitrogens with zero attached hydrogens (tertiary/aromatic N) is 3. The SMILES string of the molecule is COc1ccc(-c2cc(C(=O)N3CCCSC3=Nc3ccccc3)c3ccccc3n2)cc1OC. The van der Waals surface area contributed by atoms with E-state index in [4.69, 9.17) is 19.5 Å². The lowest BCUT2D eigenvalue weighted by molar-refractivity contribution is 0.0851. The van der Waals surface area contributed by atoms with E-state index in [-0.39, 0.29) is 5.91 Å². The topological polar surface area (TPSA) is 64.0 Å². The second-order valence-corrected chi connectivity index (χ2v) is 9.09. The van der Waals surface area contributed by atoms with Crippen LogP contribution in [-0.4, -0.2) is 47.5 Å². The smallest absolute Gasteiger partial charge is 0.260 e. The van der Waals surface area contributed by atoms with Gasteiger partial charge in [0.1, 0.15) is 0 Å². The first kappa shape index (κ1) is 22.9. The summed E-state index contributed by atoms with van der Waals surface area (Å²) in [5.41, 5.74) is 3.73. The first-order valence-electron chi connectivity index (χ1n) is 11.4. The second-order valence-electron chi connectivity index (χ2n) is 8.03. The number of carbonyl (C=O) groups excluding carboxylic acids is 1. The Hall–Kier alpha value is -3.84. The molecule has 0 unspecified atom stereocenters. The van der Waals surface area contributed by atoms with Crippen LogP contribution in [0.5, 0.6) is 11.5 Å². The van der Waals surface area contributed by atoms with Gasteiger partial charge in [-0.2, -0.15) is 0 Å². The Morgan fingerprint density at radius 2 is 1.71 bits per heavy atom. The number of para-hydroxylation sites is 2. The number of aromatic nitrogens is 1. The molecule has 1 saturated heterocycles. The molecule has 1 amide bonds. The third kappa shape index (κ3) is 4.72. The zero-order valence-corrected chi connectivity index (χ0v) is 20.4. The third-order valence-electron chi connectivity index (χ3n) is 5.84. The van der Waals surface area contributed by atoms with E-state index in [1.54, 1.807) is 30.9 Å². The molecule has 3 aromatic carbocycles. The van der Waals surface area contributed by atoms with Crippen LogP contribution in [0, 0.1) is 0 Å². The highest BCUT2D eigenvalue weighted by atomic mass is 32.2. The molecule has 0 N–H and O–H groups in total. The molecule has 0 spiro atoms. The normalized spacial score (nSPS) is 14.8. The van der Waals surface area contributed by atoms with E-state index in [1.165, 1.54) is 0 Å². The van der Waals surface area contributed by atoms with Gasteiger partial charge in [0.2, 0.25) is 0 Å². The minimum atomic E-state index is -0.0767. The minimum absolute atomic E-state index is 0.0767. The van der Waals surface area contributed by atoms with Gasteiger partial charge in [-0.15, -0.1) is 0 Å². The van der Waals surface area contributed by atoms with E-state index in [2.05, 4.69) is 0 Å². The number of thioether (sulfide) groups is 1. The average molecular weight is 484 g/mol. The summed E-state index contributed by atoms with van der Waals surface area (Å²) in [6.45, 7) is 0.625. The first-order chi connectivity index (χ1) is 17.2. The van der Waals surface area contributed by atoms with E-state index in [0.29, 0.717) is 29.3 Å². The van der Waals surface area contributed by atoms with E-state index in [0.717, 1.165) is 39.5 Å². The van der Waals surface area contributed by atoms with E-state index >= 15 is 0 Å². The summed E-state index contributed by atoms with van der Waals surface area (Å²) in [7, 11) is 3.21. The molecule has 7 heteroatoms. The summed E-state index contributed by atoms with van der Waals surface area (Å²) in [6.07, 6.45) is 0.912. The Labute approximate surface area is 208 Å². The minimum Gasteiger partial charge on any atom is -0.493 e. The van der Waals surface area contributed by atoms with Gasteiger partial charge >= 0.3 is 0 Å². The molecule has 0 bridgehead atoms. The number of carbonyl (C=O) groups is 1. The van der Waals surface area contributed by atoms with Crippen molar-refractivity contribution >= 4 is 39.4 Å². The lowest BCUT2D eigenvalue weighted by Crippen LogP contribution is -2.39. The number of benzene rings is 3. The first-order valence-corrected chi connectivity index (χ1v) is 12.4. The zero-order chi connectivity index (χ0) is 24.2. The van der Waals surface area contributed by atoms with Crippen molar-refractivity contribution in [2.75, 3.05) is 26.5 Å². The van der Waals surface area contributed by atoms with Crippen molar-refractivity contribution in [1.29, 1.82) is 0 Å². The fraction of sp³-hybridized carbons (Fsp3) is 0.179. The summed E-state index contributed by atoms with van der Waals surface area (Å²) < 4.78 is 10.9. The van der Waals surface area contributed by atoms with Gasteiger partial charge in [0, 0.05) is 23.2 Å². The lowest BCUT2D eigenvalue weighted by Gasteiger charge is -2.28. The summed E-state index contributed by atoms with van der Waals surface area (Å²) in [5, 5.41) is 1.54. The Kier molecular flexibility index (Phi) is 6.68. The number of amides is 1. The summed E-state index contributed by atoms with van der Waals surface area (Å²) in [6, 6.07) is 25.0. The summed E-state index contributed by atoms with van der Waals surface area (Å²) in [4.78, 5) is 25.4. The van der Waals surface area contributed by atoms with Gasteiger partial charge in [-0.05, 0) is 48.9 Å². The number of rotatable bonds is 5. The van der Waals surface area contributed by atoms with Crippen molar-refractivity contribution in [1.82, 2.24) is 9.88 Å². The highest BCUT2D eigenvalue weighted by Gasteiger charge is 2.27. The maximum Gasteiger partial charge on any atom is 0.260 e. The average Bonchev–Trinajstić information content (AvgIpc) is 2.92. The van der Waals surface area contributed by atoms with Gasteiger partial charge in [0.05, 0.1) is 36.7 Å². The second kappa shape index (κ2) is 10.2. The Balaban J connectivity index is 1.60. The molecule has 1 fully saturated rings. The quantitative estimate of drug-likeness (QED) is 0.339.